The van der Waals surface area contributed by atoms with Crippen LogP contribution in [0.2, 0.25) is 0 Å². The van der Waals surface area contributed by atoms with E-state index in [0.717, 1.165) is 0 Å². The molecule has 1 aliphatic carbocycles. The van der Waals surface area contributed by atoms with E-state index < -0.39 is 0 Å². The summed E-state index contributed by atoms with van der Waals surface area (Å²) in [6, 6.07) is 10.7. The van der Waals surface area contributed by atoms with E-state index in [2.05, 4.69) is 93.9 Å². The van der Waals surface area contributed by atoms with Gasteiger partial charge in [0, 0.05) is 0 Å². The summed E-state index contributed by atoms with van der Waals surface area (Å²) in [5, 5.41) is 2.63. The van der Waals surface area contributed by atoms with Crippen molar-refractivity contribution in [2.45, 2.75) is 41.5 Å². The first-order valence-corrected chi connectivity index (χ1v) is 8.13. The van der Waals surface area contributed by atoms with Crippen LogP contribution in [0, 0.1) is 18.4 Å². The van der Waals surface area contributed by atoms with Gasteiger partial charge in [-0.1, -0.05) is 62.0 Å². The SMILES string of the molecule is CC1=[C-]C(C)(C)C(C)=C1C.Cc1cc2c(Br)cccc2[cH-]1.[Cl-].[Cl-].[Zr+4]. The predicted octanol–water partition coefficient (Wildman–Crippen LogP) is 0.747. The van der Waals surface area contributed by atoms with E-state index >= 15 is 0 Å². The molecular weight excluding hydrogens is 482 g/mol. The van der Waals surface area contributed by atoms with Gasteiger partial charge in [-0.25, -0.2) is 5.57 Å². The molecule has 0 aliphatic heterocycles. The van der Waals surface area contributed by atoms with Gasteiger partial charge >= 0.3 is 26.2 Å². The average molecular weight is 505 g/mol. The topological polar surface area (TPSA) is 0 Å². The molecule has 0 spiro atoms. The second-order valence-electron chi connectivity index (χ2n) is 6.40. The Balaban J connectivity index is 0. The zero-order valence-corrected chi connectivity index (χ0v) is 20.6. The van der Waals surface area contributed by atoms with Crippen molar-refractivity contribution in [1.29, 1.82) is 0 Å². The van der Waals surface area contributed by atoms with Crippen LogP contribution in [0.1, 0.15) is 40.2 Å². The Morgan fingerprint density at radius 3 is 2.00 bits per heavy atom. The predicted molar refractivity (Wildman–Crippen MR) is 96.6 cm³/mol. The molecule has 0 N–H and O–H groups in total. The fourth-order valence-corrected chi connectivity index (χ4v) is 3.25. The Morgan fingerprint density at radius 2 is 1.62 bits per heavy atom. The van der Waals surface area contributed by atoms with E-state index in [9.17, 15) is 0 Å². The maximum Gasteiger partial charge on any atom is 4.00 e. The molecule has 0 saturated heterocycles. The molecule has 0 aromatic heterocycles. The molecule has 0 heterocycles. The van der Waals surface area contributed by atoms with Gasteiger partial charge in [-0.2, -0.15) is 17.2 Å². The van der Waals surface area contributed by atoms with E-state index in [-0.39, 0.29) is 56.4 Å². The summed E-state index contributed by atoms with van der Waals surface area (Å²) < 4.78 is 1.18. The maximum atomic E-state index is 3.51. The van der Waals surface area contributed by atoms with Crippen molar-refractivity contribution < 1.29 is 51.0 Å². The second kappa shape index (κ2) is 10.4. The summed E-state index contributed by atoms with van der Waals surface area (Å²) in [6.07, 6.45) is 3.44. The van der Waals surface area contributed by atoms with Crippen molar-refractivity contribution in [2.24, 2.45) is 5.41 Å². The molecule has 0 amide bonds. The van der Waals surface area contributed by atoms with Gasteiger partial charge in [0.05, 0.1) is 0 Å². The van der Waals surface area contributed by atoms with Crippen LogP contribution >= 0.6 is 15.9 Å². The Hall–Kier alpha value is 0.253. The third-order valence-electron chi connectivity index (χ3n) is 4.40. The van der Waals surface area contributed by atoms with Crippen molar-refractivity contribution in [1.82, 2.24) is 0 Å². The van der Waals surface area contributed by atoms with Gasteiger partial charge in [-0.3, -0.25) is 6.08 Å². The smallest absolute Gasteiger partial charge is 1.00 e. The Kier molecular flexibility index (Phi) is 11.5. The van der Waals surface area contributed by atoms with Gasteiger partial charge in [-0.05, 0) is 4.47 Å². The van der Waals surface area contributed by atoms with Crippen LogP contribution in [0.25, 0.3) is 10.8 Å². The number of fused-ring (bicyclic) bond motifs is 1. The first-order valence-electron chi connectivity index (χ1n) is 7.34. The number of hydrogen-bond acceptors (Lipinski definition) is 0. The zero-order chi connectivity index (χ0) is 15.8. The minimum atomic E-state index is 0. The summed E-state index contributed by atoms with van der Waals surface area (Å²) >= 11 is 3.51. The van der Waals surface area contributed by atoms with Crippen LogP contribution in [-0.2, 0) is 26.2 Å². The number of aryl methyl sites for hydroxylation is 1. The fourth-order valence-electron chi connectivity index (χ4n) is 2.75. The minimum Gasteiger partial charge on any atom is -1.00 e. The number of benzene rings is 1. The molecule has 24 heavy (non-hydrogen) atoms. The van der Waals surface area contributed by atoms with E-state index in [1.807, 2.05) is 0 Å². The van der Waals surface area contributed by atoms with Crippen molar-refractivity contribution in [3.05, 3.63) is 63.2 Å². The third kappa shape index (κ3) is 5.91. The normalized spacial score (nSPS) is 14.7. The van der Waals surface area contributed by atoms with Crippen molar-refractivity contribution in [3.63, 3.8) is 0 Å². The van der Waals surface area contributed by atoms with Crippen molar-refractivity contribution in [3.8, 4) is 0 Å². The van der Waals surface area contributed by atoms with E-state index in [1.54, 1.807) is 0 Å². The van der Waals surface area contributed by atoms with Crippen LogP contribution in [0.3, 0.4) is 0 Å². The third-order valence-corrected chi connectivity index (χ3v) is 5.10. The Morgan fingerprint density at radius 1 is 1.04 bits per heavy atom. The van der Waals surface area contributed by atoms with Crippen LogP contribution in [0.5, 0.6) is 0 Å². The van der Waals surface area contributed by atoms with Crippen molar-refractivity contribution >= 4 is 26.7 Å². The standard InChI is InChI=1S/C10H8Br.C10H15.2ClH.Zr/c1-7-5-8-3-2-4-10(11)9(8)6-7;1-7-6-10(4,5)9(3)8(7)2;;;/h2-6H,1H3;1-5H3;2*1H;/q2*-1;;;+4/p-2. The molecule has 0 radical (unpaired) electrons. The second-order valence-corrected chi connectivity index (χ2v) is 7.25. The van der Waals surface area contributed by atoms with E-state index in [0.29, 0.717) is 0 Å². The Labute approximate surface area is 186 Å². The molecular formula is C20H23BrCl2Zr. The molecule has 1 aliphatic rings. The largest absolute Gasteiger partial charge is 4.00 e. The average Bonchev–Trinajstić information content (AvgIpc) is 2.86. The van der Waals surface area contributed by atoms with Crippen LogP contribution < -0.4 is 24.8 Å². The molecule has 0 unspecified atom stereocenters. The molecule has 0 fully saturated rings. The quantitative estimate of drug-likeness (QED) is 0.464. The zero-order valence-electron chi connectivity index (χ0n) is 15.0. The number of halogens is 3. The maximum absolute atomic E-state index is 3.51. The fraction of sp³-hybridized carbons (Fsp3) is 0.350. The first kappa shape index (κ1) is 26.5. The minimum absolute atomic E-state index is 0. The summed E-state index contributed by atoms with van der Waals surface area (Å²) in [5.41, 5.74) is 5.72. The van der Waals surface area contributed by atoms with Crippen LogP contribution in [0.15, 0.2) is 51.5 Å². The molecule has 0 atom stereocenters. The van der Waals surface area contributed by atoms with Crippen LogP contribution in [0.4, 0.5) is 0 Å². The summed E-state index contributed by atoms with van der Waals surface area (Å²) in [5.74, 6) is 0. The van der Waals surface area contributed by atoms with E-state index in [1.165, 1.54) is 37.5 Å². The molecule has 0 nitrogen and oxygen atoms in total. The number of allylic oxidation sites excluding steroid dienone is 4. The van der Waals surface area contributed by atoms with Gasteiger partial charge in [0.15, 0.2) is 0 Å². The Bertz CT molecular complexity index is 739. The molecule has 128 valence electrons. The van der Waals surface area contributed by atoms with Gasteiger partial charge in [0.2, 0.25) is 0 Å². The van der Waals surface area contributed by atoms with Gasteiger partial charge < -0.3 is 24.8 Å². The number of hydrogen-bond donors (Lipinski definition) is 0. The molecule has 0 saturated carbocycles. The summed E-state index contributed by atoms with van der Waals surface area (Å²) in [4.78, 5) is 0. The molecule has 2 aromatic carbocycles. The van der Waals surface area contributed by atoms with Crippen molar-refractivity contribution in [2.75, 3.05) is 0 Å². The van der Waals surface area contributed by atoms with E-state index in [4.69, 9.17) is 0 Å². The van der Waals surface area contributed by atoms with Crippen LogP contribution in [-0.4, -0.2) is 0 Å². The molecule has 4 heteroatoms. The molecule has 2 aromatic rings. The summed E-state index contributed by atoms with van der Waals surface area (Å²) in [7, 11) is 0. The summed E-state index contributed by atoms with van der Waals surface area (Å²) in [6.45, 7) is 13.0. The molecule has 0 bridgehead atoms. The first-order chi connectivity index (χ1) is 9.72. The molecule has 3 rings (SSSR count). The van der Waals surface area contributed by atoms with Gasteiger partial charge in [0.1, 0.15) is 0 Å². The van der Waals surface area contributed by atoms with Gasteiger partial charge in [-0.15, -0.1) is 41.5 Å². The monoisotopic (exact) mass is 502 g/mol. The van der Waals surface area contributed by atoms with Gasteiger partial charge in [0.25, 0.3) is 0 Å². The number of rotatable bonds is 0.